The Morgan fingerprint density at radius 1 is 0.964 bits per heavy atom. The fourth-order valence-electron chi connectivity index (χ4n) is 2.92. The van der Waals surface area contributed by atoms with E-state index in [4.69, 9.17) is 11.6 Å². The molecule has 0 bridgehead atoms. The van der Waals surface area contributed by atoms with E-state index in [2.05, 4.69) is 41.6 Å². The second kappa shape index (κ2) is 6.82. The van der Waals surface area contributed by atoms with Gasteiger partial charge in [0.05, 0.1) is 18.3 Å². The summed E-state index contributed by atoms with van der Waals surface area (Å²) in [6.45, 7) is 0.523. The maximum absolute atomic E-state index is 6.00. The summed E-state index contributed by atoms with van der Waals surface area (Å²) in [5.41, 5.74) is 3.09. The number of rotatable bonds is 4. The van der Waals surface area contributed by atoms with Gasteiger partial charge in [-0.1, -0.05) is 28.9 Å². The molecule has 136 valence electrons. The third-order valence-corrected chi connectivity index (χ3v) is 4.44. The first-order chi connectivity index (χ1) is 13.7. The highest BCUT2D eigenvalue weighted by Gasteiger charge is 2.10. The average Bonchev–Trinajstić information content (AvgIpc) is 3.10. The van der Waals surface area contributed by atoms with Crippen molar-refractivity contribution < 1.29 is 0 Å². The van der Waals surface area contributed by atoms with Crippen LogP contribution in [0.15, 0.2) is 61.1 Å². The first-order valence-corrected chi connectivity index (χ1v) is 8.91. The molecule has 8 nitrogen and oxygen atoms in total. The van der Waals surface area contributed by atoms with E-state index in [1.54, 1.807) is 35.4 Å². The van der Waals surface area contributed by atoms with E-state index >= 15 is 0 Å². The van der Waals surface area contributed by atoms with Crippen molar-refractivity contribution in [2.24, 2.45) is 0 Å². The van der Waals surface area contributed by atoms with Crippen LogP contribution >= 0.6 is 11.6 Å². The predicted molar refractivity (Wildman–Crippen MR) is 106 cm³/mol. The van der Waals surface area contributed by atoms with Crippen molar-refractivity contribution in [1.29, 1.82) is 0 Å². The Balaban J connectivity index is 1.47. The SMILES string of the molecule is Clc1ccnc(Nc2cnc3nnn(Cc4ccc5ncccc5c4)c3n2)c1. The number of nitrogens with zero attached hydrogens (tertiary/aromatic N) is 7. The molecule has 1 N–H and O–H groups in total. The van der Waals surface area contributed by atoms with E-state index in [1.165, 1.54) is 0 Å². The first kappa shape index (κ1) is 16.5. The lowest BCUT2D eigenvalue weighted by Crippen LogP contribution is -2.04. The number of nitrogens with one attached hydrogen (secondary N) is 1. The second-order valence-corrected chi connectivity index (χ2v) is 6.60. The second-order valence-electron chi connectivity index (χ2n) is 6.16. The van der Waals surface area contributed by atoms with Gasteiger partial charge in [-0.15, -0.1) is 5.10 Å². The van der Waals surface area contributed by atoms with Crippen LogP contribution in [0.2, 0.25) is 5.02 Å². The first-order valence-electron chi connectivity index (χ1n) is 8.53. The molecule has 0 atom stereocenters. The van der Waals surface area contributed by atoms with Gasteiger partial charge in [0.25, 0.3) is 0 Å². The lowest BCUT2D eigenvalue weighted by Gasteiger charge is -2.06. The number of hydrogen-bond acceptors (Lipinski definition) is 7. The predicted octanol–water partition coefficient (Wildman–Crippen LogP) is 3.61. The van der Waals surface area contributed by atoms with Crippen LogP contribution in [-0.2, 0) is 6.54 Å². The Morgan fingerprint density at radius 3 is 2.86 bits per heavy atom. The van der Waals surface area contributed by atoms with Gasteiger partial charge in [-0.2, -0.15) is 0 Å². The van der Waals surface area contributed by atoms with Gasteiger partial charge in [-0.3, -0.25) is 4.98 Å². The van der Waals surface area contributed by atoms with Gasteiger partial charge >= 0.3 is 0 Å². The Bertz CT molecular complexity index is 1300. The minimum Gasteiger partial charge on any atom is -0.324 e. The van der Waals surface area contributed by atoms with Crippen molar-refractivity contribution >= 4 is 45.4 Å². The van der Waals surface area contributed by atoms with E-state index in [9.17, 15) is 0 Å². The zero-order chi connectivity index (χ0) is 18.9. The van der Waals surface area contributed by atoms with Crippen LogP contribution in [0.25, 0.3) is 22.2 Å². The third kappa shape index (κ3) is 3.21. The maximum Gasteiger partial charge on any atom is 0.221 e. The van der Waals surface area contributed by atoms with Crippen molar-refractivity contribution in [3.63, 3.8) is 0 Å². The lowest BCUT2D eigenvalue weighted by molar-refractivity contribution is 0.664. The number of halogens is 1. The van der Waals surface area contributed by atoms with E-state index < -0.39 is 0 Å². The van der Waals surface area contributed by atoms with Gasteiger partial charge in [0.1, 0.15) is 5.82 Å². The minimum absolute atomic E-state index is 0.479. The van der Waals surface area contributed by atoms with Gasteiger partial charge in [0, 0.05) is 22.8 Å². The van der Waals surface area contributed by atoms with E-state index in [-0.39, 0.29) is 0 Å². The van der Waals surface area contributed by atoms with Crippen molar-refractivity contribution in [1.82, 2.24) is 34.9 Å². The molecule has 0 amide bonds. The van der Waals surface area contributed by atoms with Crippen molar-refractivity contribution in [2.45, 2.75) is 6.54 Å². The summed E-state index contributed by atoms with van der Waals surface area (Å²) in [5, 5.41) is 13.1. The van der Waals surface area contributed by atoms with Crippen LogP contribution in [0.1, 0.15) is 5.56 Å². The molecular weight excluding hydrogens is 376 g/mol. The van der Waals surface area contributed by atoms with Crippen LogP contribution in [-0.4, -0.2) is 34.9 Å². The number of pyridine rings is 2. The van der Waals surface area contributed by atoms with E-state index in [0.29, 0.717) is 34.5 Å². The molecule has 0 spiro atoms. The van der Waals surface area contributed by atoms with Crippen molar-refractivity contribution in [3.05, 3.63) is 71.6 Å². The van der Waals surface area contributed by atoms with Crippen LogP contribution in [0.3, 0.4) is 0 Å². The maximum atomic E-state index is 6.00. The molecule has 0 radical (unpaired) electrons. The molecule has 0 fully saturated rings. The molecule has 4 aromatic heterocycles. The molecular formula is C19H13ClN8. The van der Waals surface area contributed by atoms with Crippen LogP contribution in [0, 0.1) is 0 Å². The Morgan fingerprint density at radius 2 is 1.93 bits per heavy atom. The molecule has 0 aliphatic heterocycles. The Hall–Kier alpha value is -3.65. The highest BCUT2D eigenvalue weighted by atomic mass is 35.5. The molecule has 0 unspecified atom stereocenters. The molecule has 0 saturated heterocycles. The molecule has 0 aliphatic rings. The van der Waals surface area contributed by atoms with Crippen LogP contribution in [0.4, 0.5) is 11.6 Å². The number of fused-ring (bicyclic) bond motifs is 2. The molecule has 9 heteroatoms. The summed E-state index contributed by atoms with van der Waals surface area (Å²) >= 11 is 6.00. The van der Waals surface area contributed by atoms with Gasteiger partial charge in [0.15, 0.2) is 11.5 Å². The highest BCUT2D eigenvalue weighted by Crippen LogP contribution is 2.19. The molecule has 0 aliphatic carbocycles. The summed E-state index contributed by atoms with van der Waals surface area (Å²) in [5.74, 6) is 1.12. The van der Waals surface area contributed by atoms with Gasteiger partial charge in [0.2, 0.25) is 5.65 Å². The summed E-state index contributed by atoms with van der Waals surface area (Å²) in [6.07, 6.45) is 4.99. The fraction of sp³-hybridized carbons (Fsp3) is 0.0526. The quantitative estimate of drug-likeness (QED) is 0.502. The Labute approximate surface area is 164 Å². The summed E-state index contributed by atoms with van der Waals surface area (Å²) < 4.78 is 1.72. The standard InChI is InChI=1S/C19H13ClN8/c20-14-5-7-22-16(9-14)24-17-10-23-18-19(25-17)28(27-26-18)11-12-3-4-15-13(8-12)2-1-6-21-15/h1-10H,11H2,(H,22,24,25). The number of benzene rings is 1. The molecule has 28 heavy (non-hydrogen) atoms. The zero-order valence-electron chi connectivity index (χ0n) is 14.5. The largest absolute Gasteiger partial charge is 0.324 e. The van der Waals surface area contributed by atoms with Crippen molar-refractivity contribution in [3.8, 4) is 0 Å². The van der Waals surface area contributed by atoms with Gasteiger partial charge in [-0.25, -0.2) is 19.6 Å². The third-order valence-electron chi connectivity index (χ3n) is 4.21. The Kier molecular flexibility index (Phi) is 4.02. The summed E-state index contributed by atoms with van der Waals surface area (Å²) in [7, 11) is 0. The minimum atomic E-state index is 0.479. The zero-order valence-corrected chi connectivity index (χ0v) is 15.2. The van der Waals surface area contributed by atoms with Crippen molar-refractivity contribution in [2.75, 3.05) is 5.32 Å². The fourth-order valence-corrected chi connectivity index (χ4v) is 3.08. The molecule has 5 aromatic rings. The van der Waals surface area contributed by atoms with E-state index in [0.717, 1.165) is 16.5 Å². The topological polar surface area (TPSA) is 94.3 Å². The highest BCUT2D eigenvalue weighted by molar-refractivity contribution is 6.30. The van der Waals surface area contributed by atoms with E-state index in [1.807, 2.05) is 24.3 Å². The lowest BCUT2D eigenvalue weighted by atomic mass is 10.1. The average molecular weight is 389 g/mol. The van der Waals surface area contributed by atoms with Crippen LogP contribution < -0.4 is 5.32 Å². The molecule has 1 aromatic carbocycles. The summed E-state index contributed by atoms with van der Waals surface area (Å²) in [4.78, 5) is 17.5. The van der Waals surface area contributed by atoms with Gasteiger partial charge in [-0.05, 0) is 35.9 Å². The van der Waals surface area contributed by atoms with Crippen LogP contribution in [0.5, 0.6) is 0 Å². The molecule has 4 heterocycles. The normalized spacial score (nSPS) is 11.2. The monoisotopic (exact) mass is 388 g/mol. The molecule has 0 saturated carbocycles. The number of aromatic nitrogens is 7. The number of anilines is 2. The summed E-state index contributed by atoms with van der Waals surface area (Å²) in [6, 6.07) is 13.5. The molecule has 5 rings (SSSR count). The number of hydrogen-bond donors (Lipinski definition) is 1. The van der Waals surface area contributed by atoms with Gasteiger partial charge < -0.3 is 5.32 Å². The smallest absolute Gasteiger partial charge is 0.221 e.